The summed E-state index contributed by atoms with van der Waals surface area (Å²) < 4.78 is 55.9. The van der Waals surface area contributed by atoms with E-state index in [0.29, 0.717) is 44.6 Å². The molecule has 0 aromatic carbocycles. The molecule has 4 heterocycles. The number of rotatable bonds is 6. The first-order valence-corrected chi connectivity index (χ1v) is 13.8. The van der Waals surface area contributed by atoms with Gasteiger partial charge in [0.05, 0.1) is 17.4 Å². The van der Waals surface area contributed by atoms with Crippen molar-refractivity contribution >= 4 is 11.8 Å². The van der Waals surface area contributed by atoms with Crippen LogP contribution in [0.1, 0.15) is 78.8 Å². The lowest BCUT2D eigenvalue weighted by atomic mass is 9.86. The minimum atomic E-state index is -4.81. The van der Waals surface area contributed by atoms with Gasteiger partial charge in [0.15, 0.2) is 0 Å². The first-order chi connectivity index (χ1) is 18.5. The predicted octanol–water partition coefficient (Wildman–Crippen LogP) is 3.49. The Morgan fingerprint density at radius 3 is 2.62 bits per heavy atom. The summed E-state index contributed by atoms with van der Waals surface area (Å²) in [6.45, 7) is 4.20. The molecular formula is C27H33F3N4O5. The molecule has 2 aromatic rings. The fraction of sp³-hybridized carbons (Fsp3) is 0.667. The fourth-order valence-electron chi connectivity index (χ4n) is 6.08. The van der Waals surface area contributed by atoms with E-state index in [1.807, 2.05) is 6.92 Å². The van der Waals surface area contributed by atoms with E-state index in [1.165, 1.54) is 0 Å². The highest BCUT2D eigenvalue weighted by atomic mass is 19.4. The number of furan rings is 1. The number of amides is 2. The molecule has 39 heavy (non-hydrogen) atoms. The van der Waals surface area contributed by atoms with Crippen LogP contribution < -0.4 is 5.32 Å². The summed E-state index contributed by atoms with van der Waals surface area (Å²) in [6, 6.07) is 0. The minimum absolute atomic E-state index is 0.125. The van der Waals surface area contributed by atoms with Crippen molar-refractivity contribution in [3.8, 4) is 11.3 Å². The van der Waals surface area contributed by atoms with Gasteiger partial charge in [-0.2, -0.15) is 18.3 Å². The van der Waals surface area contributed by atoms with Gasteiger partial charge in [0.25, 0.3) is 11.8 Å². The number of nitrogens with zero attached hydrogens (tertiary/aromatic N) is 3. The van der Waals surface area contributed by atoms with E-state index in [-0.39, 0.29) is 53.8 Å². The lowest BCUT2D eigenvalue weighted by Gasteiger charge is -2.33. The van der Waals surface area contributed by atoms with Gasteiger partial charge in [-0.05, 0) is 50.4 Å². The van der Waals surface area contributed by atoms with Crippen LogP contribution in [-0.4, -0.2) is 69.5 Å². The summed E-state index contributed by atoms with van der Waals surface area (Å²) in [6.07, 6.45) is 1.10. The molecular weight excluding hydrogens is 517 g/mol. The average Bonchev–Trinajstić information content (AvgIpc) is 3.28. The summed E-state index contributed by atoms with van der Waals surface area (Å²) in [7, 11) is 0. The van der Waals surface area contributed by atoms with Crippen LogP contribution in [0, 0.1) is 5.92 Å². The van der Waals surface area contributed by atoms with Gasteiger partial charge in [-0.3, -0.25) is 14.3 Å². The molecule has 9 nitrogen and oxygen atoms in total. The number of hydrogen-bond acceptors (Lipinski definition) is 6. The summed E-state index contributed by atoms with van der Waals surface area (Å²) in [5, 5.41) is 17.3. The Kier molecular flexibility index (Phi) is 6.53. The number of aliphatic hydroxyl groups is 1. The molecule has 1 saturated carbocycles. The van der Waals surface area contributed by atoms with Crippen LogP contribution in [0.25, 0.3) is 11.3 Å². The standard InChI is InChI=1S/C27H33F3N4O5/c1-15-11-19-20(21(27(28,29)30)23(39-19)24(35)31-12-17-3-2-10-38-17)22-18(15)14-34(32-22)13-16-4-8-33(9-5-16)25(36)26(37)6-7-26/h14-17,37H,2-13H2,1H3,(H,31,35)/t15-,17-/m0/s1. The molecule has 2 aliphatic carbocycles. The Bertz CT molecular complexity index is 1270. The second-order valence-corrected chi connectivity index (χ2v) is 11.5. The van der Waals surface area contributed by atoms with Crippen LogP contribution in [0.2, 0.25) is 0 Å². The van der Waals surface area contributed by atoms with Gasteiger partial charge < -0.3 is 24.5 Å². The first-order valence-electron chi connectivity index (χ1n) is 13.8. The number of aromatic nitrogens is 2. The molecule has 2 aliphatic heterocycles. The van der Waals surface area contributed by atoms with Crippen molar-refractivity contribution in [2.24, 2.45) is 5.92 Å². The lowest BCUT2D eigenvalue weighted by molar-refractivity contribution is -0.144. The van der Waals surface area contributed by atoms with Gasteiger partial charge in [-0.25, -0.2) is 0 Å². The van der Waals surface area contributed by atoms with Gasteiger partial charge in [0.1, 0.15) is 16.9 Å². The second-order valence-electron chi connectivity index (χ2n) is 11.5. The van der Waals surface area contributed by atoms with Gasteiger partial charge >= 0.3 is 6.18 Å². The number of likely N-dealkylation sites (tertiary alicyclic amines) is 1. The molecule has 2 atom stereocenters. The largest absolute Gasteiger partial charge is 0.455 e. The number of nitrogens with one attached hydrogen (secondary N) is 1. The van der Waals surface area contributed by atoms with Crippen molar-refractivity contribution in [1.82, 2.24) is 20.0 Å². The zero-order chi connectivity index (χ0) is 27.5. The van der Waals surface area contributed by atoms with Crippen LogP contribution in [-0.2, 0) is 28.7 Å². The van der Waals surface area contributed by atoms with Crippen molar-refractivity contribution in [3.05, 3.63) is 28.8 Å². The second kappa shape index (κ2) is 9.65. The number of ether oxygens (including phenoxy) is 1. The highest BCUT2D eigenvalue weighted by Gasteiger charge is 2.50. The van der Waals surface area contributed by atoms with Crippen LogP contribution >= 0.6 is 0 Å². The van der Waals surface area contributed by atoms with Crippen molar-refractivity contribution in [1.29, 1.82) is 0 Å². The molecule has 3 fully saturated rings. The highest BCUT2D eigenvalue weighted by molar-refractivity contribution is 5.96. The molecule has 2 saturated heterocycles. The van der Waals surface area contributed by atoms with Gasteiger partial charge in [0.2, 0.25) is 5.76 Å². The number of piperidine rings is 1. The van der Waals surface area contributed by atoms with Crippen molar-refractivity contribution in [3.63, 3.8) is 0 Å². The fourth-order valence-corrected chi connectivity index (χ4v) is 6.08. The van der Waals surface area contributed by atoms with Gasteiger partial charge in [-0.1, -0.05) is 6.92 Å². The number of carbonyl (C=O) groups is 2. The Hall–Kier alpha value is -2.86. The molecule has 2 N–H and O–H groups in total. The topological polar surface area (TPSA) is 110 Å². The quantitative estimate of drug-likeness (QED) is 0.570. The maximum absolute atomic E-state index is 14.4. The molecule has 6 rings (SSSR count). The summed E-state index contributed by atoms with van der Waals surface area (Å²) in [5.41, 5.74) is -1.49. The summed E-state index contributed by atoms with van der Waals surface area (Å²) in [5.74, 6) is -1.64. The monoisotopic (exact) mass is 550 g/mol. The molecule has 2 amide bonds. The van der Waals surface area contributed by atoms with Crippen molar-refractivity contribution in [2.75, 3.05) is 26.2 Å². The van der Waals surface area contributed by atoms with E-state index in [2.05, 4.69) is 10.4 Å². The number of alkyl halides is 3. The molecule has 0 bridgehead atoms. The number of halogens is 3. The van der Waals surface area contributed by atoms with Crippen molar-refractivity contribution < 1.29 is 37.0 Å². The van der Waals surface area contributed by atoms with Crippen LogP contribution in [0.15, 0.2) is 10.6 Å². The predicted molar refractivity (Wildman–Crippen MR) is 132 cm³/mol. The van der Waals surface area contributed by atoms with Crippen LogP contribution in [0.5, 0.6) is 0 Å². The molecule has 0 radical (unpaired) electrons. The van der Waals surface area contributed by atoms with E-state index >= 15 is 0 Å². The van der Waals surface area contributed by atoms with Crippen LogP contribution in [0.4, 0.5) is 13.2 Å². The maximum Gasteiger partial charge on any atom is 0.420 e. The summed E-state index contributed by atoms with van der Waals surface area (Å²) in [4.78, 5) is 27.0. The molecule has 4 aliphatic rings. The number of fused-ring (bicyclic) bond motifs is 3. The Balaban J connectivity index is 1.22. The van der Waals surface area contributed by atoms with E-state index in [9.17, 15) is 27.9 Å². The smallest absolute Gasteiger partial charge is 0.420 e. The molecule has 0 unspecified atom stereocenters. The third-order valence-electron chi connectivity index (χ3n) is 8.50. The third-order valence-corrected chi connectivity index (χ3v) is 8.50. The first kappa shape index (κ1) is 26.4. The Morgan fingerprint density at radius 1 is 1.23 bits per heavy atom. The zero-order valence-corrected chi connectivity index (χ0v) is 21.9. The highest BCUT2D eigenvalue weighted by Crippen LogP contribution is 2.48. The number of hydrogen-bond donors (Lipinski definition) is 2. The average molecular weight is 551 g/mol. The Morgan fingerprint density at radius 2 is 1.97 bits per heavy atom. The van der Waals surface area contributed by atoms with Gasteiger partial charge in [-0.15, -0.1) is 0 Å². The van der Waals surface area contributed by atoms with E-state index in [0.717, 1.165) is 25.7 Å². The SMILES string of the molecule is C[C@H]1Cc2oc(C(=O)NC[C@@H]3CCCO3)c(C(F)(F)F)c2-c2nn(CC3CCN(C(=O)C4(O)CC4)CC3)cc21. The van der Waals surface area contributed by atoms with Crippen LogP contribution in [0.3, 0.4) is 0 Å². The molecule has 2 aromatic heterocycles. The molecule has 212 valence electrons. The summed E-state index contributed by atoms with van der Waals surface area (Å²) >= 11 is 0. The van der Waals surface area contributed by atoms with E-state index < -0.39 is 29.0 Å². The minimum Gasteiger partial charge on any atom is -0.455 e. The van der Waals surface area contributed by atoms with Crippen molar-refractivity contribution in [2.45, 2.75) is 82.2 Å². The van der Waals surface area contributed by atoms with E-state index in [1.54, 1.807) is 15.8 Å². The Labute approximate surface area is 223 Å². The molecule has 0 spiro atoms. The number of carbonyl (C=O) groups excluding carboxylic acids is 2. The third kappa shape index (κ3) is 4.97. The zero-order valence-electron chi connectivity index (χ0n) is 21.9. The molecule has 12 heteroatoms. The maximum atomic E-state index is 14.4. The van der Waals surface area contributed by atoms with E-state index in [4.69, 9.17) is 9.15 Å². The normalized spacial score (nSPS) is 24.4. The lowest BCUT2D eigenvalue weighted by Crippen LogP contribution is -2.45. The van der Waals surface area contributed by atoms with Gasteiger partial charge in [0, 0.05) is 51.0 Å².